The predicted octanol–water partition coefficient (Wildman–Crippen LogP) is 1.43. The minimum Gasteiger partial charge on any atom is -0.290 e. The maximum absolute atomic E-state index is 11.2. The normalized spacial score (nSPS) is 10.8. The van der Waals surface area contributed by atoms with E-state index < -0.39 is 0 Å². The van der Waals surface area contributed by atoms with Gasteiger partial charge in [-0.25, -0.2) is 4.68 Å². The van der Waals surface area contributed by atoms with Gasteiger partial charge in [0, 0.05) is 36.4 Å². The third-order valence-corrected chi connectivity index (χ3v) is 2.14. The summed E-state index contributed by atoms with van der Waals surface area (Å²) in [6.45, 7) is 1.76. The second-order valence-corrected chi connectivity index (χ2v) is 3.40. The van der Waals surface area contributed by atoms with Crippen molar-refractivity contribution >= 4 is 6.21 Å². The first-order valence-electron chi connectivity index (χ1n) is 4.89. The van der Waals surface area contributed by atoms with E-state index in [1.807, 2.05) is 12.1 Å². The van der Waals surface area contributed by atoms with Gasteiger partial charge in [0.05, 0.1) is 6.21 Å². The minimum atomic E-state index is 0.0235. The van der Waals surface area contributed by atoms with Crippen molar-refractivity contribution in [2.75, 3.05) is 0 Å². The van der Waals surface area contributed by atoms with Crippen LogP contribution in [-0.4, -0.2) is 15.9 Å². The highest BCUT2D eigenvalue weighted by Crippen LogP contribution is 1.94. The van der Waals surface area contributed by atoms with E-state index in [1.165, 1.54) is 6.07 Å². The molecule has 0 aliphatic heterocycles. The van der Waals surface area contributed by atoms with Crippen LogP contribution in [0.1, 0.15) is 11.1 Å². The Bertz CT molecular complexity index is 558. The van der Waals surface area contributed by atoms with Crippen molar-refractivity contribution in [3.8, 4) is 0 Å². The SMILES string of the molecule is Cc1cn(/N=C/c2ccncc2)ccc1=O. The smallest absolute Gasteiger partial charge is 0.184 e. The zero-order chi connectivity index (χ0) is 11.4. The first kappa shape index (κ1) is 10.3. The van der Waals surface area contributed by atoms with E-state index in [9.17, 15) is 4.79 Å². The first-order valence-corrected chi connectivity index (χ1v) is 4.89. The first-order chi connectivity index (χ1) is 7.75. The van der Waals surface area contributed by atoms with E-state index in [0.717, 1.165) is 5.56 Å². The standard InChI is InChI=1S/C12H11N3O/c1-10-9-15(7-4-12(10)16)14-8-11-2-5-13-6-3-11/h2-9H,1H3/b14-8+. The molecule has 0 aromatic carbocycles. The zero-order valence-electron chi connectivity index (χ0n) is 8.87. The average Bonchev–Trinajstić information content (AvgIpc) is 2.32. The summed E-state index contributed by atoms with van der Waals surface area (Å²) in [7, 11) is 0. The van der Waals surface area contributed by atoms with Crippen LogP contribution in [0, 0.1) is 6.92 Å². The summed E-state index contributed by atoms with van der Waals surface area (Å²) in [5.74, 6) is 0. The van der Waals surface area contributed by atoms with E-state index in [0.29, 0.717) is 5.56 Å². The lowest BCUT2D eigenvalue weighted by Crippen LogP contribution is -2.06. The Balaban J connectivity index is 2.24. The maximum Gasteiger partial charge on any atom is 0.184 e. The summed E-state index contributed by atoms with van der Waals surface area (Å²) in [5.41, 5.74) is 1.66. The molecule has 0 N–H and O–H groups in total. The molecule has 0 aliphatic carbocycles. The number of pyridine rings is 2. The molecule has 2 heterocycles. The van der Waals surface area contributed by atoms with Crippen LogP contribution in [0.4, 0.5) is 0 Å². The summed E-state index contributed by atoms with van der Waals surface area (Å²) in [6, 6.07) is 5.22. The monoisotopic (exact) mass is 213 g/mol. The molecule has 2 aromatic heterocycles. The van der Waals surface area contributed by atoms with E-state index >= 15 is 0 Å². The van der Waals surface area contributed by atoms with Gasteiger partial charge in [0.25, 0.3) is 0 Å². The van der Waals surface area contributed by atoms with Crippen LogP contribution < -0.4 is 5.43 Å². The highest BCUT2D eigenvalue weighted by atomic mass is 16.1. The van der Waals surface area contributed by atoms with Gasteiger partial charge in [0.1, 0.15) is 0 Å². The Labute approximate surface area is 92.9 Å². The van der Waals surface area contributed by atoms with Crippen LogP contribution >= 0.6 is 0 Å². The third kappa shape index (κ3) is 2.42. The van der Waals surface area contributed by atoms with Crippen molar-refractivity contribution in [3.63, 3.8) is 0 Å². The highest BCUT2D eigenvalue weighted by Gasteiger charge is 1.91. The van der Waals surface area contributed by atoms with Crippen LogP contribution in [0.2, 0.25) is 0 Å². The predicted molar refractivity (Wildman–Crippen MR) is 62.7 cm³/mol. The number of rotatable bonds is 2. The fourth-order valence-electron chi connectivity index (χ4n) is 1.24. The molecule has 16 heavy (non-hydrogen) atoms. The van der Waals surface area contributed by atoms with Crippen LogP contribution in [0.3, 0.4) is 0 Å². The Morgan fingerprint density at radius 1 is 1.31 bits per heavy atom. The highest BCUT2D eigenvalue weighted by molar-refractivity contribution is 5.78. The number of aryl methyl sites for hydroxylation is 1. The molecule has 0 bridgehead atoms. The summed E-state index contributed by atoms with van der Waals surface area (Å²) in [4.78, 5) is 15.1. The van der Waals surface area contributed by atoms with Gasteiger partial charge in [-0.1, -0.05) is 0 Å². The van der Waals surface area contributed by atoms with Crippen LogP contribution in [0.5, 0.6) is 0 Å². The zero-order valence-corrected chi connectivity index (χ0v) is 8.87. The van der Waals surface area contributed by atoms with Gasteiger partial charge in [-0.3, -0.25) is 9.78 Å². The fraction of sp³-hybridized carbons (Fsp3) is 0.0833. The lowest BCUT2D eigenvalue weighted by molar-refractivity contribution is 0.860. The second-order valence-electron chi connectivity index (χ2n) is 3.40. The van der Waals surface area contributed by atoms with Crippen molar-refractivity contribution in [2.45, 2.75) is 6.92 Å². The van der Waals surface area contributed by atoms with Crippen molar-refractivity contribution in [2.24, 2.45) is 5.10 Å². The molecule has 0 saturated heterocycles. The molecule has 0 spiro atoms. The lowest BCUT2D eigenvalue weighted by Gasteiger charge is -1.98. The Kier molecular flexibility index (Phi) is 2.91. The lowest BCUT2D eigenvalue weighted by atomic mass is 10.3. The minimum absolute atomic E-state index is 0.0235. The molecule has 0 fully saturated rings. The molecule has 0 radical (unpaired) electrons. The fourth-order valence-corrected chi connectivity index (χ4v) is 1.24. The summed E-state index contributed by atoms with van der Waals surface area (Å²) < 4.78 is 1.61. The largest absolute Gasteiger partial charge is 0.290 e. The summed E-state index contributed by atoms with van der Waals surface area (Å²) >= 11 is 0. The van der Waals surface area contributed by atoms with Crippen molar-refractivity contribution in [1.29, 1.82) is 0 Å². The maximum atomic E-state index is 11.2. The van der Waals surface area contributed by atoms with Crippen molar-refractivity contribution in [1.82, 2.24) is 9.66 Å². The molecule has 4 nitrogen and oxygen atoms in total. The summed E-state index contributed by atoms with van der Waals surface area (Å²) in [6.07, 6.45) is 8.45. The van der Waals surface area contributed by atoms with Gasteiger partial charge < -0.3 is 0 Å². The van der Waals surface area contributed by atoms with Gasteiger partial charge in [-0.2, -0.15) is 5.10 Å². The molecule has 0 aliphatic rings. The average molecular weight is 213 g/mol. The molecular weight excluding hydrogens is 202 g/mol. The second kappa shape index (κ2) is 4.53. The molecule has 0 amide bonds. The van der Waals surface area contributed by atoms with Crippen LogP contribution in [0.25, 0.3) is 0 Å². The number of hydrogen-bond acceptors (Lipinski definition) is 3. The van der Waals surface area contributed by atoms with E-state index in [1.54, 1.807) is 42.6 Å². The van der Waals surface area contributed by atoms with E-state index in [2.05, 4.69) is 10.1 Å². The number of nitrogens with zero attached hydrogens (tertiary/aromatic N) is 3. The van der Waals surface area contributed by atoms with Gasteiger partial charge >= 0.3 is 0 Å². The van der Waals surface area contributed by atoms with Crippen LogP contribution in [-0.2, 0) is 0 Å². The molecule has 0 atom stereocenters. The molecule has 80 valence electrons. The molecule has 0 unspecified atom stereocenters. The van der Waals surface area contributed by atoms with Gasteiger partial charge in [0.2, 0.25) is 0 Å². The number of hydrogen-bond donors (Lipinski definition) is 0. The topological polar surface area (TPSA) is 47.2 Å². The molecule has 0 saturated carbocycles. The third-order valence-electron chi connectivity index (χ3n) is 2.14. The van der Waals surface area contributed by atoms with Crippen LogP contribution in [0.15, 0.2) is 52.9 Å². The van der Waals surface area contributed by atoms with E-state index in [4.69, 9.17) is 0 Å². The molecular formula is C12H11N3O. The van der Waals surface area contributed by atoms with Crippen molar-refractivity contribution < 1.29 is 0 Å². The van der Waals surface area contributed by atoms with Gasteiger partial charge in [-0.15, -0.1) is 0 Å². The van der Waals surface area contributed by atoms with E-state index in [-0.39, 0.29) is 5.43 Å². The molecule has 2 rings (SSSR count). The Morgan fingerprint density at radius 3 is 2.75 bits per heavy atom. The Morgan fingerprint density at radius 2 is 2.06 bits per heavy atom. The number of aromatic nitrogens is 2. The quantitative estimate of drug-likeness (QED) is 0.708. The Hall–Kier alpha value is -2.23. The molecule has 2 aromatic rings. The van der Waals surface area contributed by atoms with Gasteiger partial charge in [-0.05, 0) is 24.6 Å². The van der Waals surface area contributed by atoms with Gasteiger partial charge in [0.15, 0.2) is 5.43 Å². The molecule has 4 heteroatoms. The van der Waals surface area contributed by atoms with Crippen molar-refractivity contribution in [3.05, 3.63) is 64.3 Å². The summed E-state index contributed by atoms with van der Waals surface area (Å²) in [5, 5.41) is 4.20.